The number of aryl methyl sites for hydroxylation is 2. The van der Waals surface area contributed by atoms with Gasteiger partial charge in [-0.05, 0) is 61.3 Å². The largest absolute Gasteiger partial charge is 0.490 e. The topological polar surface area (TPSA) is 110 Å². The molecule has 1 amide bonds. The zero-order chi connectivity index (χ0) is 31.7. The maximum atomic E-state index is 13.1. The molecule has 0 bridgehead atoms. The van der Waals surface area contributed by atoms with Crippen LogP contribution in [-0.2, 0) is 22.5 Å². The number of aliphatic hydroxyl groups excluding tert-OH is 1. The number of amides is 1. The molecule has 0 saturated carbocycles. The Morgan fingerprint density at radius 2 is 1.82 bits per heavy atom. The molecule has 5 atom stereocenters. The minimum Gasteiger partial charge on any atom is -0.490 e. The van der Waals surface area contributed by atoms with Gasteiger partial charge < -0.3 is 19.4 Å². The van der Waals surface area contributed by atoms with Crippen LogP contribution in [0.2, 0.25) is 18.6 Å². The average Bonchev–Trinajstić information content (AvgIpc) is 3.50. The molecule has 236 valence electrons. The molecule has 9 nitrogen and oxygen atoms in total. The van der Waals surface area contributed by atoms with Gasteiger partial charge in [0.1, 0.15) is 11.9 Å². The molecule has 45 heavy (non-hydrogen) atoms. The second-order valence-corrected chi connectivity index (χ2v) is 16.8. The van der Waals surface area contributed by atoms with Gasteiger partial charge in [0.25, 0.3) is 0 Å². The second kappa shape index (κ2) is 12.9. The van der Waals surface area contributed by atoms with E-state index in [1.807, 2.05) is 86.0 Å². The first-order valence-corrected chi connectivity index (χ1v) is 18.7. The Morgan fingerprint density at radius 1 is 1.07 bits per heavy atom. The average molecular weight is 627 g/mol. The Morgan fingerprint density at radius 3 is 2.56 bits per heavy atom. The van der Waals surface area contributed by atoms with E-state index in [4.69, 9.17) is 9.47 Å². The molecule has 0 fully saturated rings. The van der Waals surface area contributed by atoms with E-state index in [0.717, 1.165) is 34.5 Å². The van der Waals surface area contributed by atoms with Gasteiger partial charge in [-0.2, -0.15) is 0 Å². The van der Waals surface area contributed by atoms with Crippen LogP contribution >= 0.6 is 0 Å². The highest BCUT2D eigenvalue weighted by atomic mass is 28.4. The lowest BCUT2D eigenvalue weighted by molar-refractivity contribution is -0.118. The van der Waals surface area contributed by atoms with Crippen molar-refractivity contribution in [2.45, 2.75) is 69.5 Å². The summed E-state index contributed by atoms with van der Waals surface area (Å²) in [6, 6.07) is 23.8. The molecule has 3 heterocycles. The monoisotopic (exact) mass is 626 g/mol. The number of carbonyl (C=O) groups excluding carboxylic acids is 1. The van der Waals surface area contributed by atoms with Crippen molar-refractivity contribution in [1.29, 1.82) is 0 Å². The van der Waals surface area contributed by atoms with Crippen LogP contribution in [-0.4, -0.2) is 58.9 Å². The van der Waals surface area contributed by atoms with Crippen LogP contribution < -0.4 is 9.64 Å². The number of hydrogen-bond acceptors (Lipinski definition) is 7. The number of carbonyl (C=O) groups is 1. The molecule has 0 spiro atoms. The van der Waals surface area contributed by atoms with Crippen molar-refractivity contribution in [2.75, 3.05) is 18.6 Å². The molecule has 3 aromatic carbocycles. The number of aliphatic hydroxyl groups is 1. The van der Waals surface area contributed by atoms with Crippen LogP contribution in [0.15, 0.2) is 79.0 Å². The van der Waals surface area contributed by atoms with Gasteiger partial charge >= 0.3 is 0 Å². The summed E-state index contributed by atoms with van der Waals surface area (Å²) in [7, 11) is -1.02. The first kappa shape index (κ1) is 31.2. The summed E-state index contributed by atoms with van der Waals surface area (Å²) < 4.78 is 14.6. The smallest absolute Gasteiger partial charge is 0.231 e. The van der Waals surface area contributed by atoms with E-state index in [0.29, 0.717) is 30.8 Å². The van der Waals surface area contributed by atoms with Gasteiger partial charge in [0, 0.05) is 49.0 Å². The maximum absolute atomic E-state index is 13.1. The summed E-state index contributed by atoms with van der Waals surface area (Å²) in [6.07, 6.45) is 3.18. The van der Waals surface area contributed by atoms with Gasteiger partial charge in [0.2, 0.25) is 5.91 Å². The summed E-state index contributed by atoms with van der Waals surface area (Å²) in [6.45, 7) is 6.51. The molecular weight excluding hydrogens is 584 g/mol. The molecule has 2 unspecified atom stereocenters. The fourth-order valence-corrected chi connectivity index (χ4v) is 9.05. The third-order valence-electron chi connectivity index (χ3n) is 9.43. The highest BCUT2D eigenvalue weighted by molar-refractivity contribution is 6.71. The molecule has 0 aliphatic carbocycles. The fraction of sp³-hybridized carbons (Fsp3) is 0.400. The summed E-state index contributed by atoms with van der Waals surface area (Å²) >= 11 is 0. The lowest BCUT2D eigenvalue weighted by Crippen LogP contribution is -2.48. The van der Waals surface area contributed by atoms with Crippen LogP contribution in [0.25, 0.3) is 0 Å². The maximum Gasteiger partial charge on any atom is 0.231 e. The van der Waals surface area contributed by atoms with Crippen LogP contribution in [0.5, 0.6) is 5.75 Å². The number of fused-ring (bicyclic) bond motifs is 2. The molecule has 2 aliphatic heterocycles. The number of ether oxygens (including phenoxy) is 2. The summed E-state index contributed by atoms with van der Waals surface area (Å²) in [5, 5.41) is 18.8. The quantitative estimate of drug-likeness (QED) is 0.216. The Kier molecular flexibility index (Phi) is 8.92. The fourth-order valence-electron chi connectivity index (χ4n) is 7.04. The SMILES string of the molecule is CO[C@H]1c2cc(N3C(=O)CCc4ccccc43)ccc2O[C@@H](C(CCn2cc(C(CO)c3ccccc3)nn2)[Si](C)(C)O)[C@@H]1C. The summed E-state index contributed by atoms with van der Waals surface area (Å²) in [5.41, 5.74) is 5.36. The number of benzene rings is 3. The molecule has 2 aliphatic rings. The third-order valence-corrected chi connectivity index (χ3v) is 11.9. The van der Waals surface area contributed by atoms with Crippen LogP contribution in [0.1, 0.15) is 54.2 Å². The van der Waals surface area contributed by atoms with Crippen molar-refractivity contribution in [3.05, 3.63) is 101 Å². The molecule has 6 rings (SSSR count). The van der Waals surface area contributed by atoms with Crippen LogP contribution in [0.3, 0.4) is 0 Å². The Bertz CT molecular complexity index is 1640. The van der Waals surface area contributed by atoms with Gasteiger partial charge in [0.05, 0.1) is 30.0 Å². The van der Waals surface area contributed by atoms with E-state index in [-0.39, 0.29) is 42.1 Å². The highest BCUT2D eigenvalue weighted by Crippen LogP contribution is 2.48. The number of hydrogen-bond donors (Lipinski definition) is 2. The van der Waals surface area contributed by atoms with Crippen molar-refractivity contribution < 1.29 is 24.2 Å². The van der Waals surface area contributed by atoms with Gasteiger partial charge in [-0.3, -0.25) is 14.4 Å². The van der Waals surface area contributed by atoms with Crippen molar-refractivity contribution in [1.82, 2.24) is 15.0 Å². The minimum atomic E-state index is -2.73. The predicted molar refractivity (Wildman–Crippen MR) is 175 cm³/mol. The Balaban J connectivity index is 1.24. The number of rotatable bonds is 10. The van der Waals surface area contributed by atoms with Gasteiger partial charge in [-0.25, -0.2) is 0 Å². The lowest BCUT2D eigenvalue weighted by Gasteiger charge is -2.44. The summed E-state index contributed by atoms with van der Waals surface area (Å²) in [5.74, 6) is 0.475. The van der Waals surface area contributed by atoms with E-state index < -0.39 is 8.32 Å². The van der Waals surface area contributed by atoms with E-state index >= 15 is 0 Å². The molecular formula is C35H42N4O5Si. The highest BCUT2D eigenvalue weighted by Gasteiger charge is 2.46. The molecule has 1 aromatic heterocycles. The molecule has 0 radical (unpaired) electrons. The standard InChI is InChI=1S/C35H42N4O5Si/c1-23-34(43-2)27-20-26(39-30-13-9-8-12-25(30)14-17-33(39)41)15-16-31(27)44-35(23)32(45(3,4)42)18-19-38-21-29(36-37-38)28(22-40)24-10-6-5-7-11-24/h5-13,15-16,20-21,23,28,32,34-35,40,42H,14,17-19,22H2,1-4H3/t23-,28?,32?,34-,35-/m1/s1. The van der Waals surface area contributed by atoms with Crippen molar-refractivity contribution in [2.24, 2.45) is 5.92 Å². The third kappa shape index (κ3) is 6.20. The van der Waals surface area contributed by atoms with E-state index in [1.54, 1.807) is 16.7 Å². The number of nitrogens with zero attached hydrogens (tertiary/aromatic N) is 4. The van der Waals surface area contributed by atoms with Crippen molar-refractivity contribution in [3.63, 3.8) is 0 Å². The van der Waals surface area contributed by atoms with Crippen LogP contribution in [0.4, 0.5) is 11.4 Å². The van der Waals surface area contributed by atoms with Crippen LogP contribution in [0, 0.1) is 5.92 Å². The van der Waals surface area contributed by atoms with Crippen molar-refractivity contribution >= 4 is 25.6 Å². The van der Waals surface area contributed by atoms with Gasteiger partial charge in [-0.15, -0.1) is 5.10 Å². The molecule has 4 aromatic rings. The zero-order valence-corrected chi connectivity index (χ0v) is 27.3. The number of methoxy groups -OCH3 is 1. The number of aromatic nitrogens is 3. The van der Waals surface area contributed by atoms with E-state index in [1.165, 1.54) is 0 Å². The predicted octanol–water partition coefficient (Wildman–Crippen LogP) is 5.76. The first-order valence-electron chi connectivity index (χ1n) is 15.7. The normalized spacial score (nSPS) is 21.1. The van der Waals surface area contributed by atoms with E-state index in [2.05, 4.69) is 23.3 Å². The minimum absolute atomic E-state index is 0.0609. The molecule has 0 saturated heterocycles. The van der Waals surface area contributed by atoms with Crippen molar-refractivity contribution in [3.8, 4) is 5.75 Å². The van der Waals surface area contributed by atoms with Gasteiger partial charge in [-0.1, -0.05) is 60.7 Å². The second-order valence-electron chi connectivity index (χ2n) is 12.8. The van der Waals surface area contributed by atoms with Gasteiger partial charge in [0.15, 0.2) is 8.32 Å². The first-order chi connectivity index (χ1) is 21.7. The summed E-state index contributed by atoms with van der Waals surface area (Å²) in [4.78, 5) is 26.5. The number of para-hydroxylation sites is 1. The van der Waals surface area contributed by atoms with E-state index in [9.17, 15) is 14.7 Å². The molecule has 10 heteroatoms. The zero-order valence-electron chi connectivity index (χ0n) is 26.3. The lowest BCUT2D eigenvalue weighted by atomic mass is 9.86. The Labute approximate surface area is 265 Å². The Hall–Kier alpha value is -3.83. The molecule has 2 N–H and O–H groups in total. The number of anilines is 2.